The molecule has 0 radical (unpaired) electrons. The van der Waals surface area contributed by atoms with Gasteiger partial charge in [-0.2, -0.15) is 0 Å². The van der Waals surface area contributed by atoms with E-state index in [2.05, 4.69) is 0 Å². The van der Waals surface area contributed by atoms with E-state index in [0.717, 1.165) is 52.6 Å². The van der Waals surface area contributed by atoms with Crippen molar-refractivity contribution < 1.29 is 24.2 Å². The number of carbonyl (C=O) groups excluding carboxylic acids is 1. The van der Waals surface area contributed by atoms with Crippen LogP contribution in [-0.2, 0) is 17.7 Å². The molecule has 1 aromatic rings. The molecule has 27 heavy (non-hydrogen) atoms. The Bertz CT molecular complexity index is 680. The molecule has 0 atom stereocenters. The fraction of sp³-hybridized carbons (Fsp3) is 0.579. The number of fused-ring (bicyclic) bond motifs is 1. The number of nitrogens with zero attached hydrogens (tertiary/aromatic N) is 2. The first-order chi connectivity index (χ1) is 12.8. The van der Waals surface area contributed by atoms with E-state index in [0.29, 0.717) is 6.54 Å². The molecule has 150 valence electrons. The molecule has 1 aliphatic rings. The Labute approximate surface area is 164 Å². The molecule has 0 aromatic heterocycles. The lowest BCUT2D eigenvalue weighted by Gasteiger charge is -2.26. The minimum atomic E-state index is -1.12. The summed E-state index contributed by atoms with van der Waals surface area (Å²) >= 11 is 0.863. The van der Waals surface area contributed by atoms with Gasteiger partial charge < -0.3 is 14.6 Å². The smallest absolute Gasteiger partial charge is 0.421 e. The van der Waals surface area contributed by atoms with Crippen LogP contribution in [0.4, 0.5) is 9.59 Å². The van der Waals surface area contributed by atoms with E-state index in [1.807, 2.05) is 39.0 Å². The number of carbonyl (C=O) groups is 2. The SMILES string of the molecule is CCCCN(SN(Cc1cccc2c1OC(C)(C)C2)C(=O)O)C(=O)OCC. The second-order valence-corrected chi connectivity index (χ2v) is 8.04. The summed E-state index contributed by atoms with van der Waals surface area (Å²) in [5, 5.41) is 9.66. The fourth-order valence-electron chi connectivity index (χ4n) is 2.87. The first-order valence-corrected chi connectivity index (χ1v) is 9.93. The summed E-state index contributed by atoms with van der Waals surface area (Å²) in [5.41, 5.74) is 1.55. The zero-order chi connectivity index (χ0) is 20.0. The Morgan fingerprint density at radius 2 is 2.04 bits per heavy atom. The second kappa shape index (κ2) is 9.21. The Balaban J connectivity index is 2.17. The van der Waals surface area contributed by atoms with Crippen molar-refractivity contribution in [3.63, 3.8) is 0 Å². The second-order valence-electron chi connectivity index (χ2n) is 7.00. The first kappa shape index (κ1) is 21.2. The predicted octanol–water partition coefficient (Wildman–Crippen LogP) is 4.70. The Morgan fingerprint density at radius 3 is 2.67 bits per heavy atom. The van der Waals surface area contributed by atoms with Crippen molar-refractivity contribution in [3.8, 4) is 5.75 Å². The summed E-state index contributed by atoms with van der Waals surface area (Å²) in [4.78, 5) is 24.0. The monoisotopic (exact) mass is 396 g/mol. The third kappa shape index (κ3) is 5.69. The lowest BCUT2D eigenvalue weighted by molar-refractivity contribution is 0.131. The van der Waals surface area contributed by atoms with Crippen molar-refractivity contribution in [2.45, 2.75) is 59.1 Å². The van der Waals surface area contributed by atoms with Crippen LogP contribution in [0.1, 0.15) is 51.7 Å². The van der Waals surface area contributed by atoms with Crippen LogP contribution in [0.15, 0.2) is 18.2 Å². The third-order valence-corrected chi connectivity index (χ3v) is 5.09. The maximum absolute atomic E-state index is 12.2. The molecule has 8 heteroatoms. The average Bonchev–Trinajstić information content (AvgIpc) is 2.92. The van der Waals surface area contributed by atoms with Gasteiger partial charge in [-0.1, -0.05) is 31.5 Å². The van der Waals surface area contributed by atoms with E-state index in [9.17, 15) is 14.7 Å². The molecule has 0 unspecified atom stereocenters. The van der Waals surface area contributed by atoms with E-state index in [-0.39, 0.29) is 18.8 Å². The number of carboxylic acid groups (broad SMARTS) is 1. The van der Waals surface area contributed by atoms with E-state index in [1.54, 1.807) is 6.92 Å². The van der Waals surface area contributed by atoms with Crippen LogP contribution in [0, 0.1) is 0 Å². The van der Waals surface area contributed by atoms with E-state index < -0.39 is 12.2 Å². The van der Waals surface area contributed by atoms with Crippen LogP contribution >= 0.6 is 12.1 Å². The highest BCUT2D eigenvalue weighted by molar-refractivity contribution is 7.95. The summed E-state index contributed by atoms with van der Waals surface area (Å²) in [6.45, 7) is 8.52. The zero-order valence-electron chi connectivity index (χ0n) is 16.4. The molecular weight excluding hydrogens is 368 g/mol. The number of rotatable bonds is 8. The van der Waals surface area contributed by atoms with Crippen molar-refractivity contribution in [1.29, 1.82) is 0 Å². The van der Waals surface area contributed by atoms with Crippen LogP contribution in [0.2, 0.25) is 0 Å². The molecule has 0 saturated heterocycles. The number of hydrogen-bond donors (Lipinski definition) is 1. The highest BCUT2D eigenvalue weighted by atomic mass is 32.2. The number of benzene rings is 1. The van der Waals surface area contributed by atoms with Gasteiger partial charge >= 0.3 is 12.2 Å². The molecule has 0 fully saturated rings. The molecule has 1 aliphatic heterocycles. The molecular formula is C19H28N2O5S. The predicted molar refractivity (Wildman–Crippen MR) is 105 cm³/mol. The highest BCUT2D eigenvalue weighted by Gasteiger charge is 2.33. The van der Waals surface area contributed by atoms with Gasteiger partial charge in [0.25, 0.3) is 0 Å². The van der Waals surface area contributed by atoms with Gasteiger partial charge in [-0.15, -0.1) is 0 Å². The number of unbranched alkanes of at least 4 members (excludes halogenated alkanes) is 1. The molecule has 7 nitrogen and oxygen atoms in total. The van der Waals surface area contributed by atoms with E-state index >= 15 is 0 Å². The number of hydrogen-bond acceptors (Lipinski definition) is 5. The van der Waals surface area contributed by atoms with Gasteiger partial charge in [0.05, 0.1) is 25.3 Å². The molecule has 1 N–H and O–H groups in total. The van der Waals surface area contributed by atoms with Crippen LogP contribution < -0.4 is 4.74 Å². The lowest BCUT2D eigenvalue weighted by atomic mass is 10.0. The molecule has 0 saturated carbocycles. The largest absolute Gasteiger partial charge is 0.487 e. The number of ether oxygens (including phenoxy) is 2. The molecule has 0 aliphatic carbocycles. The molecule has 1 heterocycles. The normalized spacial score (nSPS) is 14.2. The minimum Gasteiger partial charge on any atom is -0.487 e. The summed E-state index contributed by atoms with van der Waals surface area (Å²) in [7, 11) is 0. The molecule has 2 amide bonds. The van der Waals surface area contributed by atoms with Crippen LogP contribution in [0.25, 0.3) is 0 Å². The quantitative estimate of drug-likeness (QED) is 0.642. The summed E-state index contributed by atoms with van der Waals surface area (Å²) in [6, 6.07) is 5.76. The standard InChI is InChI=1S/C19H28N2O5S/c1-5-7-11-20(18(24)25-6-2)27-21(17(22)23)13-15-10-8-9-14-12-19(3,4)26-16(14)15/h8-10H,5-7,11-13H2,1-4H3,(H,22,23). The maximum atomic E-state index is 12.2. The number of amides is 2. The zero-order valence-corrected chi connectivity index (χ0v) is 17.2. The van der Waals surface area contributed by atoms with Gasteiger partial charge in [0, 0.05) is 18.5 Å². The maximum Gasteiger partial charge on any atom is 0.421 e. The Hall–Kier alpha value is -2.09. The Morgan fingerprint density at radius 1 is 1.30 bits per heavy atom. The van der Waals surface area contributed by atoms with Crippen molar-refractivity contribution >= 4 is 24.3 Å². The van der Waals surface area contributed by atoms with Gasteiger partial charge in [0.2, 0.25) is 0 Å². The van der Waals surface area contributed by atoms with Crippen molar-refractivity contribution in [2.75, 3.05) is 13.2 Å². The van der Waals surface area contributed by atoms with Gasteiger partial charge in [0.1, 0.15) is 11.4 Å². The highest BCUT2D eigenvalue weighted by Crippen LogP contribution is 2.38. The molecule has 0 spiro atoms. The summed E-state index contributed by atoms with van der Waals surface area (Å²) < 4.78 is 13.6. The first-order valence-electron chi connectivity index (χ1n) is 9.20. The van der Waals surface area contributed by atoms with Crippen molar-refractivity contribution in [1.82, 2.24) is 8.61 Å². The van der Waals surface area contributed by atoms with Gasteiger partial charge in [-0.3, -0.25) is 0 Å². The fourth-order valence-corrected chi connectivity index (χ4v) is 3.71. The summed E-state index contributed by atoms with van der Waals surface area (Å²) in [5.74, 6) is 0.741. The van der Waals surface area contributed by atoms with Gasteiger partial charge in [0.15, 0.2) is 0 Å². The van der Waals surface area contributed by atoms with E-state index in [4.69, 9.17) is 9.47 Å². The third-order valence-electron chi connectivity index (χ3n) is 4.08. The van der Waals surface area contributed by atoms with Crippen LogP contribution in [-0.4, -0.2) is 44.7 Å². The minimum absolute atomic E-state index is 0.112. The lowest BCUT2D eigenvalue weighted by Crippen LogP contribution is -2.34. The van der Waals surface area contributed by atoms with Crippen molar-refractivity contribution in [3.05, 3.63) is 29.3 Å². The molecule has 2 rings (SSSR count). The topological polar surface area (TPSA) is 79.3 Å². The molecule has 0 bridgehead atoms. The average molecular weight is 397 g/mol. The summed E-state index contributed by atoms with van der Waals surface area (Å²) in [6.07, 6.45) is 0.774. The Kier molecular flexibility index (Phi) is 7.24. The van der Waals surface area contributed by atoms with Gasteiger partial charge in [-0.05, 0) is 32.8 Å². The van der Waals surface area contributed by atoms with Crippen LogP contribution in [0.5, 0.6) is 5.75 Å². The number of para-hydroxylation sites is 1. The van der Waals surface area contributed by atoms with E-state index in [1.165, 1.54) is 4.31 Å². The van der Waals surface area contributed by atoms with Gasteiger partial charge in [-0.25, -0.2) is 18.2 Å². The molecule has 1 aromatic carbocycles. The van der Waals surface area contributed by atoms with Crippen LogP contribution in [0.3, 0.4) is 0 Å². The van der Waals surface area contributed by atoms with Crippen molar-refractivity contribution in [2.24, 2.45) is 0 Å².